The molecule has 0 spiro atoms. The molecule has 34 heavy (non-hydrogen) atoms. The van der Waals surface area contributed by atoms with Gasteiger partial charge < -0.3 is 19.7 Å². The molecule has 2 amide bonds. The zero-order valence-corrected chi connectivity index (χ0v) is 20.3. The molecule has 0 unspecified atom stereocenters. The minimum Gasteiger partial charge on any atom is -0.493 e. The van der Waals surface area contributed by atoms with Crippen molar-refractivity contribution in [3.05, 3.63) is 59.4 Å². The fourth-order valence-electron chi connectivity index (χ4n) is 4.37. The van der Waals surface area contributed by atoms with Gasteiger partial charge in [-0.15, -0.1) is 0 Å². The summed E-state index contributed by atoms with van der Waals surface area (Å²) in [7, 11) is 3.15. The first kappa shape index (κ1) is 25.5. The summed E-state index contributed by atoms with van der Waals surface area (Å²) in [6, 6.07) is 11.1. The number of rotatable bonds is 10. The molecular formula is C27H35FN2O4. The van der Waals surface area contributed by atoms with Crippen LogP contribution in [0.3, 0.4) is 0 Å². The van der Waals surface area contributed by atoms with Crippen LogP contribution in [0.2, 0.25) is 0 Å². The van der Waals surface area contributed by atoms with Gasteiger partial charge in [-0.2, -0.15) is 0 Å². The van der Waals surface area contributed by atoms with Gasteiger partial charge in [0.15, 0.2) is 11.5 Å². The van der Waals surface area contributed by atoms with E-state index >= 15 is 0 Å². The Morgan fingerprint density at radius 1 is 1.00 bits per heavy atom. The maximum absolute atomic E-state index is 13.4. The molecule has 3 rings (SSSR count). The third kappa shape index (κ3) is 6.95. The molecule has 1 aliphatic rings. The molecule has 184 valence electrons. The van der Waals surface area contributed by atoms with Gasteiger partial charge in [0.1, 0.15) is 11.9 Å². The third-order valence-corrected chi connectivity index (χ3v) is 6.46. The first-order chi connectivity index (χ1) is 16.4. The number of hydrogen-bond acceptors (Lipinski definition) is 4. The number of nitrogens with one attached hydrogen (secondary N) is 1. The van der Waals surface area contributed by atoms with Crippen molar-refractivity contribution >= 4 is 11.8 Å². The van der Waals surface area contributed by atoms with E-state index in [2.05, 4.69) is 5.32 Å². The topological polar surface area (TPSA) is 67.9 Å². The van der Waals surface area contributed by atoms with Crippen molar-refractivity contribution in [2.75, 3.05) is 14.2 Å². The summed E-state index contributed by atoms with van der Waals surface area (Å²) in [5.74, 6) is 0.622. The highest BCUT2D eigenvalue weighted by Gasteiger charge is 2.28. The number of carbonyl (C=O) groups excluding carboxylic acids is 2. The molecule has 6 nitrogen and oxygen atoms in total. The molecule has 7 heteroatoms. The zero-order chi connectivity index (χ0) is 24.5. The molecule has 1 fully saturated rings. The van der Waals surface area contributed by atoms with Crippen LogP contribution < -0.4 is 14.8 Å². The molecular weight excluding hydrogens is 435 g/mol. The van der Waals surface area contributed by atoms with Crippen LogP contribution in [-0.2, 0) is 22.6 Å². The molecule has 0 aromatic heterocycles. The largest absolute Gasteiger partial charge is 0.493 e. The van der Waals surface area contributed by atoms with E-state index in [1.54, 1.807) is 38.2 Å². The Labute approximate surface area is 201 Å². The lowest BCUT2D eigenvalue weighted by atomic mass is 9.95. The van der Waals surface area contributed by atoms with Crippen LogP contribution in [0.1, 0.15) is 56.6 Å². The molecule has 2 aromatic carbocycles. The highest BCUT2D eigenvalue weighted by molar-refractivity contribution is 5.87. The number of benzene rings is 2. The normalized spacial score (nSPS) is 14.8. The lowest BCUT2D eigenvalue weighted by molar-refractivity contribution is -0.141. The molecule has 1 N–H and O–H groups in total. The van der Waals surface area contributed by atoms with Gasteiger partial charge >= 0.3 is 0 Å². The standard InChI is InChI=1S/C27H35FN2O4/c1-19(27(32)29-23-7-5-4-6-8-23)30(18-21-9-13-22(28)14-10-21)26(31)16-12-20-11-15-24(33-2)25(17-20)34-3/h9-11,13-15,17,19,23H,4-8,12,16,18H2,1-3H3,(H,29,32)/t19-/m1/s1. The summed E-state index contributed by atoms with van der Waals surface area (Å²) in [6.45, 7) is 2.00. The number of carbonyl (C=O) groups is 2. The van der Waals surface area contributed by atoms with E-state index in [1.807, 2.05) is 18.2 Å². The van der Waals surface area contributed by atoms with Crippen molar-refractivity contribution in [1.82, 2.24) is 10.2 Å². The van der Waals surface area contributed by atoms with Crippen molar-refractivity contribution in [2.24, 2.45) is 0 Å². The van der Waals surface area contributed by atoms with Crippen molar-refractivity contribution in [2.45, 2.75) is 70.5 Å². The first-order valence-corrected chi connectivity index (χ1v) is 12.0. The Morgan fingerprint density at radius 2 is 1.65 bits per heavy atom. The van der Waals surface area contributed by atoms with Gasteiger partial charge in [0.05, 0.1) is 14.2 Å². The van der Waals surface area contributed by atoms with Gasteiger partial charge in [-0.3, -0.25) is 9.59 Å². The van der Waals surface area contributed by atoms with E-state index < -0.39 is 6.04 Å². The molecule has 0 aliphatic heterocycles. The Bertz CT molecular complexity index is 958. The van der Waals surface area contributed by atoms with Crippen molar-refractivity contribution in [3.63, 3.8) is 0 Å². The van der Waals surface area contributed by atoms with Crippen LogP contribution in [0.25, 0.3) is 0 Å². The van der Waals surface area contributed by atoms with Gasteiger partial charge in [0.2, 0.25) is 11.8 Å². The van der Waals surface area contributed by atoms with Gasteiger partial charge in [-0.25, -0.2) is 4.39 Å². The Hall–Kier alpha value is -3.09. The van der Waals surface area contributed by atoms with Crippen LogP contribution in [0.15, 0.2) is 42.5 Å². The van der Waals surface area contributed by atoms with E-state index in [1.165, 1.54) is 18.6 Å². The molecule has 0 bridgehead atoms. The van der Waals surface area contributed by atoms with Crippen LogP contribution in [0.5, 0.6) is 11.5 Å². The molecule has 0 heterocycles. The van der Waals surface area contributed by atoms with E-state index in [4.69, 9.17) is 9.47 Å². The predicted octanol–water partition coefficient (Wildman–Crippen LogP) is 4.64. The SMILES string of the molecule is COc1ccc(CCC(=O)N(Cc2ccc(F)cc2)[C@H](C)C(=O)NC2CCCCC2)cc1OC. The lowest BCUT2D eigenvalue weighted by Crippen LogP contribution is -2.50. The Balaban J connectivity index is 1.71. The van der Waals surface area contributed by atoms with Crippen molar-refractivity contribution < 1.29 is 23.5 Å². The van der Waals surface area contributed by atoms with E-state index in [0.717, 1.165) is 36.8 Å². The quantitative estimate of drug-likeness (QED) is 0.549. The smallest absolute Gasteiger partial charge is 0.242 e. The molecule has 2 aromatic rings. The summed E-state index contributed by atoms with van der Waals surface area (Å²) in [6.07, 6.45) is 6.11. The zero-order valence-electron chi connectivity index (χ0n) is 20.3. The van der Waals surface area contributed by atoms with E-state index in [-0.39, 0.29) is 36.6 Å². The Kier molecular flexibility index (Phi) is 9.31. The maximum Gasteiger partial charge on any atom is 0.242 e. The average molecular weight is 471 g/mol. The summed E-state index contributed by atoms with van der Waals surface area (Å²) < 4.78 is 24.0. The third-order valence-electron chi connectivity index (χ3n) is 6.46. The van der Waals surface area contributed by atoms with Crippen molar-refractivity contribution in [1.29, 1.82) is 0 Å². The number of aryl methyl sites for hydroxylation is 1. The molecule has 0 radical (unpaired) electrons. The fourth-order valence-corrected chi connectivity index (χ4v) is 4.37. The van der Waals surface area contributed by atoms with Crippen LogP contribution in [-0.4, -0.2) is 43.0 Å². The number of ether oxygens (including phenoxy) is 2. The lowest BCUT2D eigenvalue weighted by Gasteiger charge is -2.31. The first-order valence-electron chi connectivity index (χ1n) is 12.0. The molecule has 1 aliphatic carbocycles. The van der Waals surface area contributed by atoms with Crippen LogP contribution >= 0.6 is 0 Å². The van der Waals surface area contributed by atoms with E-state index in [9.17, 15) is 14.0 Å². The summed E-state index contributed by atoms with van der Waals surface area (Å²) in [5, 5.41) is 3.13. The number of hydrogen-bond donors (Lipinski definition) is 1. The second-order valence-corrected chi connectivity index (χ2v) is 8.86. The molecule has 1 saturated carbocycles. The monoisotopic (exact) mass is 470 g/mol. The van der Waals surface area contributed by atoms with Crippen LogP contribution in [0, 0.1) is 5.82 Å². The van der Waals surface area contributed by atoms with Gasteiger partial charge in [-0.1, -0.05) is 37.5 Å². The summed E-state index contributed by atoms with van der Waals surface area (Å²) >= 11 is 0. The maximum atomic E-state index is 13.4. The minimum absolute atomic E-state index is 0.134. The molecule has 1 atom stereocenters. The average Bonchev–Trinajstić information content (AvgIpc) is 2.86. The Morgan fingerprint density at radius 3 is 2.29 bits per heavy atom. The second-order valence-electron chi connectivity index (χ2n) is 8.86. The van der Waals surface area contributed by atoms with E-state index in [0.29, 0.717) is 17.9 Å². The number of amides is 2. The van der Waals surface area contributed by atoms with Crippen molar-refractivity contribution in [3.8, 4) is 11.5 Å². The van der Waals surface area contributed by atoms with Gasteiger partial charge in [0, 0.05) is 19.0 Å². The summed E-state index contributed by atoms with van der Waals surface area (Å²) in [5.41, 5.74) is 1.71. The number of methoxy groups -OCH3 is 2. The minimum atomic E-state index is -0.634. The number of halogens is 1. The molecule has 0 saturated heterocycles. The fraction of sp³-hybridized carbons (Fsp3) is 0.481. The summed E-state index contributed by atoms with van der Waals surface area (Å²) in [4.78, 5) is 27.9. The van der Waals surface area contributed by atoms with Crippen LogP contribution in [0.4, 0.5) is 4.39 Å². The van der Waals surface area contributed by atoms with Gasteiger partial charge in [0.25, 0.3) is 0 Å². The van der Waals surface area contributed by atoms with Gasteiger partial charge in [-0.05, 0) is 61.6 Å². The highest BCUT2D eigenvalue weighted by Crippen LogP contribution is 2.28. The predicted molar refractivity (Wildman–Crippen MR) is 129 cm³/mol. The number of nitrogens with zero attached hydrogens (tertiary/aromatic N) is 1. The second kappa shape index (κ2) is 12.4. The highest BCUT2D eigenvalue weighted by atomic mass is 19.1.